The number of anilines is 2. The normalized spacial score (nSPS) is 10.2. The minimum Gasteiger partial charge on any atom is -0.506 e. The number of esters is 1. The molecule has 1 heterocycles. The minimum atomic E-state index is -0.521. The average molecular weight is 294 g/mol. The summed E-state index contributed by atoms with van der Waals surface area (Å²) in [5, 5.41) is 13.1. The first-order valence-corrected chi connectivity index (χ1v) is 6.07. The fourth-order valence-electron chi connectivity index (χ4n) is 1.62. The Kier molecular flexibility index (Phi) is 4.05. The van der Waals surface area contributed by atoms with Gasteiger partial charge in [-0.2, -0.15) is 0 Å². The Labute approximate surface area is 120 Å². The van der Waals surface area contributed by atoms with E-state index in [1.807, 2.05) is 0 Å². The number of nitrogens with one attached hydrogen (secondary N) is 1. The Bertz CT molecular complexity index is 641. The van der Waals surface area contributed by atoms with Gasteiger partial charge < -0.3 is 15.2 Å². The van der Waals surface area contributed by atoms with Gasteiger partial charge in [0, 0.05) is 6.07 Å². The number of carbonyl (C=O) groups excluding carboxylic acids is 1. The molecule has 2 N–H and O–H groups in total. The molecule has 0 atom stereocenters. The van der Waals surface area contributed by atoms with Gasteiger partial charge >= 0.3 is 5.97 Å². The topological polar surface area (TPSA) is 84.3 Å². The number of aromatic nitrogens is 2. The lowest BCUT2D eigenvalue weighted by atomic mass is 10.2. The van der Waals surface area contributed by atoms with Crippen LogP contribution in [0.25, 0.3) is 0 Å². The van der Waals surface area contributed by atoms with Gasteiger partial charge in [0.2, 0.25) is 0 Å². The van der Waals surface area contributed by atoms with Crippen molar-refractivity contribution >= 4 is 29.1 Å². The van der Waals surface area contributed by atoms with Crippen molar-refractivity contribution in [1.29, 1.82) is 0 Å². The highest BCUT2D eigenvalue weighted by molar-refractivity contribution is 6.29. The van der Waals surface area contributed by atoms with E-state index in [1.54, 1.807) is 13.0 Å². The van der Waals surface area contributed by atoms with Crippen LogP contribution in [0.5, 0.6) is 5.75 Å². The fraction of sp³-hybridized carbons (Fsp3) is 0.154. The molecule has 0 bridgehead atoms. The van der Waals surface area contributed by atoms with Gasteiger partial charge in [0.1, 0.15) is 22.5 Å². The number of hydrogen-bond donors (Lipinski definition) is 2. The van der Waals surface area contributed by atoms with Gasteiger partial charge in [-0.25, -0.2) is 14.8 Å². The van der Waals surface area contributed by atoms with E-state index in [0.29, 0.717) is 22.5 Å². The van der Waals surface area contributed by atoms with Crippen molar-refractivity contribution in [2.45, 2.75) is 6.92 Å². The quantitative estimate of drug-likeness (QED) is 0.514. The SMILES string of the molecule is COC(=O)c1ccc(Nc2cc(Cl)nc(C)n2)c(O)c1. The molecule has 0 aliphatic rings. The lowest BCUT2D eigenvalue weighted by Gasteiger charge is -2.09. The third-order valence-corrected chi connectivity index (χ3v) is 2.68. The Morgan fingerprint density at radius 1 is 1.35 bits per heavy atom. The van der Waals surface area contributed by atoms with E-state index in [4.69, 9.17) is 11.6 Å². The molecule has 7 heteroatoms. The molecule has 0 spiro atoms. The number of aryl methyl sites for hydroxylation is 1. The highest BCUT2D eigenvalue weighted by Gasteiger charge is 2.10. The van der Waals surface area contributed by atoms with E-state index in [-0.39, 0.29) is 11.3 Å². The van der Waals surface area contributed by atoms with Crippen LogP contribution in [0.4, 0.5) is 11.5 Å². The number of rotatable bonds is 3. The number of carbonyl (C=O) groups is 1. The number of ether oxygens (including phenoxy) is 1. The molecule has 0 saturated carbocycles. The van der Waals surface area contributed by atoms with Gasteiger partial charge in [0.15, 0.2) is 0 Å². The number of benzene rings is 1. The second kappa shape index (κ2) is 5.75. The third kappa shape index (κ3) is 3.16. The predicted octanol–water partition coefficient (Wildman–Crippen LogP) is 2.67. The largest absolute Gasteiger partial charge is 0.506 e. The van der Waals surface area contributed by atoms with Crippen molar-refractivity contribution in [3.05, 3.63) is 40.8 Å². The summed E-state index contributed by atoms with van der Waals surface area (Å²) in [4.78, 5) is 19.4. The second-order valence-corrected chi connectivity index (χ2v) is 4.36. The zero-order chi connectivity index (χ0) is 14.7. The first-order chi connectivity index (χ1) is 9.49. The molecule has 6 nitrogen and oxygen atoms in total. The van der Waals surface area contributed by atoms with Crippen molar-refractivity contribution < 1.29 is 14.6 Å². The number of phenolic OH excluding ortho intramolecular Hbond substituents is 1. The van der Waals surface area contributed by atoms with Gasteiger partial charge in [-0.05, 0) is 25.1 Å². The van der Waals surface area contributed by atoms with Crippen LogP contribution in [0, 0.1) is 6.92 Å². The molecular formula is C13H12ClN3O3. The molecule has 0 amide bonds. The van der Waals surface area contributed by atoms with Crippen molar-refractivity contribution in [3.8, 4) is 5.75 Å². The van der Waals surface area contributed by atoms with Gasteiger partial charge in [0.25, 0.3) is 0 Å². The van der Waals surface area contributed by atoms with Crippen molar-refractivity contribution in [2.75, 3.05) is 12.4 Å². The summed E-state index contributed by atoms with van der Waals surface area (Å²) < 4.78 is 4.57. The van der Waals surface area contributed by atoms with Crippen LogP contribution < -0.4 is 5.32 Å². The number of nitrogens with zero attached hydrogens (tertiary/aromatic N) is 2. The van der Waals surface area contributed by atoms with Crippen molar-refractivity contribution in [1.82, 2.24) is 9.97 Å². The number of hydrogen-bond acceptors (Lipinski definition) is 6. The number of methoxy groups -OCH3 is 1. The summed E-state index contributed by atoms with van der Waals surface area (Å²) in [6, 6.07) is 5.92. The van der Waals surface area contributed by atoms with Gasteiger partial charge in [-0.1, -0.05) is 11.6 Å². The first kappa shape index (κ1) is 14.1. The highest BCUT2D eigenvalue weighted by atomic mass is 35.5. The molecule has 20 heavy (non-hydrogen) atoms. The maximum absolute atomic E-state index is 11.3. The summed E-state index contributed by atoms with van der Waals surface area (Å²) in [7, 11) is 1.28. The second-order valence-electron chi connectivity index (χ2n) is 3.97. The Hall–Kier alpha value is -2.34. The van der Waals surface area contributed by atoms with Crippen LogP contribution in [0.3, 0.4) is 0 Å². The van der Waals surface area contributed by atoms with Crippen LogP contribution >= 0.6 is 11.6 Å². The number of phenols is 1. The molecular weight excluding hydrogens is 282 g/mol. The van der Waals surface area contributed by atoms with Crippen LogP contribution in [0.2, 0.25) is 5.15 Å². The molecule has 1 aromatic carbocycles. The van der Waals surface area contributed by atoms with Crippen LogP contribution in [0.15, 0.2) is 24.3 Å². The molecule has 0 aliphatic heterocycles. The summed E-state index contributed by atoms with van der Waals surface area (Å²) in [6.07, 6.45) is 0. The molecule has 2 rings (SSSR count). The Balaban J connectivity index is 2.27. The van der Waals surface area contributed by atoms with Crippen molar-refractivity contribution in [3.63, 3.8) is 0 Å². The maximum Gasteiger partial charge on any atom is 0.337 e. The fourth-order valence-corrected chi connectivity index (χ4v) is 1.84. The molecule has 0 saturated heterocycles. The van der Waals surface area contributed by atoms with Crippen LogP contribution in [0.1, 0.15) is 16.2 Å². The molecule has 0 unspecified atom stereocenters. The van der Waals surface area contributed by atoms with Gasteiger partial charge in [0.05, 0.1) is 18.4 Å². The minimum absolute atomic E-state index is 0.0970. The highest BCUT2D eigenvalue weighted by Crippen LogP contribution is 2.27. The molecule has 104 valence electrons. The van der Waals surface area contributed by atoms with E-state index < -0.39 is 5.97 Å². The first-order valence-electron chi connectivity index (χ1n) is 5.69. The van der Waals surface area contributed by atoms with Gasteiger partial charge in [-0.3, -0.25) is 0 Å². The molecule has 0 aliphatic carbocycles. The average Bonchev–Trinajstić information content (AvgIpc) is 2.39. The summed E-state index contributed by atoms with van der Waals surface area (Å²) in [5.74, 6) is 0.336. The van der Waals surface area contributed by atoms with Crippen LogP contribution in [-0.2, 0) is 4.74 Å². The standard InChI is InChI=1S/C13H12ClN3O3/c1-7-15-11(14)6-12(16-7)17-9-4-3-8(5-10(9)18)13(19)20-2/h3-6,18H,1-2H3,(H,15,16,17). The van der Waals surface area contributed by atoms with E-state index in [9.17, 15) is 9.90 Å². The zero-order valence-corrected chi connectivity index (χ0v) is 11.6. The molecule has 0 fully saturated rings. The predicted molar refractivity (Wildman–Crippen MR) is 74.5 cm³/mol. The van der Waals surface area contributed by atoms with Gasteiger partial charge in [-0.15, -0.1) is 0 Å². The molecule has 0 radical (unpaired) electrons. The number of aromatic hydroxyl groups is 1. The summed E-state index contributed by atoms with van der Waals surface area (Å²) in [5.41, 5.74) is 0.652. The zero-order valence-electron chi connectivity index (χ0n) is 10.8. The third-order valence-electron chi connectivity index (χ3n) is 2.49. The Morgan fingerprint density at radius 3 is 2.70 bits per heavy atom. The van der Waals surface area contributed by atoms with Crippen LogP contribution in [-0.4, -0.2) is 28.2 Å². The molecule has 1 aromatic heterocycles. The number of halogens is 1. The van der Waals surface area contributed by atoms with Crippen molar-refractivity contribution in [2.24, 2.45) is 0 Å². The molecule has 2 aromatic rings. The summed E-state index contributed by atoms with van der Waals surface area (Å²) in [6.45, 7) is 1.71. The Morgan fingerprint density at radius 2 is 2.10 bits per heavy atom. The van der Waals surface area contributed by atoms with E-state index in [0.717, 1.165) is 0 Å². The van der Waals surface area contributed by atoms with E-state index in [2.05, 4.69) is 20.0 Å². The smallest absolute Gasteiger partial charge is 0.337 e. The monoisotopic (exact) mass is 293 g/mol. The maximum atomic E-state index is 11.3. The van der Waals surface area contributed by atoms with E-state index >= 15 is 0 Å². The summed E-state index contributed by atoms with van der Waals surface area (Å²) >= 11 is 5.83. The van der Waals surface area contributed by atoms with E-state index in [1.165, 1.54) is 25.3 Å². The lowest BCUT2D eigenvalue weighted by molar-refractivity contribution is 0.0600. The lowest BCUT2D eigenvalue weighted by Crippen LogP contribution is -2.02.